The Morgan fingerprint density at radius 2 is 1.52 bits per heavy atom. The van der Waals surface area contributed by atoms with Crippen molar-refractivity contribution in [3.8, 4) is 0 Å². The minimum absolute atomic E-state index is 0.183. The van der Waals surface area contributed by atoms with E-state index < -0.39 is 10.0 Å². The molecule has 2 aromatic carbocycles. The maximum Gasteiger partial charge on any atom is 0.262 e. The van der Waals surface area contributed by atoms with Crippen LogP contribution in [0.1, 0.15) is 22.3 Å². The number of aromatic amines is 1. The van der Waals surface area contributed by atoms with Crippen molar-refractivity contribution in [1.29, 1.82) is 0 Å². The minimum atomic E-state index is -3.72. The molecule has 0 saturated carbocycles. The Labute approximate surface area is 146 Å². The molecule has 25 heavy (non-hydrogen) atoms. The van der Waals surface area contributed by atoms with E-state index in [1.54, 1.807) is 45.0 Å². The van der Waals surface area contributed by atoms with Crippen LogP contribution in [0.2, 0.25) is 0 Å². The van der Waals surface area contributed by atoms with Crippen LogP contribution < -0.4 is 10.3 Å². The fourth-order valence-corrected chi connectivity index (χ4v) is 4.68. The molecule has 0 spiro atoms. The molecule has 0 unspecified atom stereocenters. The van der Waals surface area contributed by atoms with E-state index in [0.29, 0.717) is 27.9 Å². The molecule has 0 fully saturated rings. The first kappa shape index (κ1) is 17.2. The summed E-state index contributed by atoms with van der Waals surface area (Å²) in [4.78, 5) is 14.8. The van der Waals surface area contributed by atoms with Gasteiger partial charge in [-0.3, -0.25) is 9.52 Å². The van der Waals surface area contributed by atoms with Crippen molar-refractivity contribution in [1.82, 2.24) is 4.98 Å². The lowest BCUT2D eigenvalue weighted by Crippen LogP contribution is -2.16. The molecular weight excluding hydrogens is 336 g/mol. The van der Waals surface area contributed by atoms with Crippen LogP contribution in [-0.2, 0) is 10.0 Å². The number of sulfonamides is 1. The zero-order chi connectivity index (χ0) is 18.4. The Morgan fingerprint density at radius 1 is 0.880 bits per heavy atom. The van der Waals surface area contributed by atoms with Gasteiger partial charge in [-0.15, -0.1) is 0 Å². The summed E-state index contributed by atoms with van der Waals surface area (Å²) < 4.78 is 28.3. The summed E-state index contributed by atoms with van der Waals surface area (Å²) in [5.41, 5.74) is 3.86. The van der Waals surface area contributed by atoms with Gasteiger partial charge >= 0.3 is 0 Å². The fraction of sp³-hybridized carbons (Fsp3) is 0.211. The zero-order valence-electron chi connectivity index (χ0n) is 14.6. The average Bonchev–Trinajstić information content (AvgIpc) is 2.46. The number of hydrogen-bond acceptors (Lipinski definition) is 3. The average molecular weight is 356 g/mol. The zero-order valence-corrected chi connectivity index (χ0v) is 15.4. The number of benzene rings is 2. The Bertz CT molecular complexity index is 1120. The summed E-state index contributed by atoms with van der Waals surface area (Å²) in [7, 11) is -3.72. The summed E-state index contributed by atoms with van der Waals surface area (Å²) in [6.07, 6.45) is 0. The predicted molar refractivity (Wildman–Crippen MR) is 101 cm³/mol. The van der Waals surface area contributed by atoms with Crippen LogP contribution in [0.3, 0.4) is 0 Å². The predicted octanol–water partition coefficient (Wildman–Crippen LogP) is 3.56. The van der Waals surface area contributed by atoms with Gasteiger partial charge in [0.15, 0.2) is 0 Å². The fourth-order valence-electron chi connectivity index (χ4n) is 3.17. The van der Waals surface area contributed by atoms with E-state index >= 15 is 0 Å². The molecule has 0 radical (unpaired) electrons. The van der Waals surface area contributed by atoms with Gasteiger partial charge < -0.3 is 4.98 Å². The molecule has 0 bridgehead atoms. The van der Waals surface area contributed by atoms with Crippen molar-refractivity contribution in [2.24, 2.45) is 0 Å². The highest BCUT2D eigenvalue weighted by Crippen LogP contribution is 2.25. The van der Waals surface area contributed by atoms with E-state index in [1.165, 1.54) is 0 Å². The normalized spacial score (nSPS) is 11.7. The topological polar surface area (TPSA) is 79.0 Å². The van der Waals surface area contributed by atoms with Gasteiger partial charge in [0.1, 0.15) is 0 Å². The summed E-state index contributed by atoms with van der Waals surface area (Å²) >= 11 is 0. The van der Waals surface area contributed by atoms with Gasteiger partial charge in [0.05, 0.1) is 16.1 Å². The maximum absolute atomic E-state index is 12.8. The second-order valence-corrected chi connectivity index (χ2v) is 8.04. The third-order valence-electron chi connectivity index (χ3n) is 4.16. The lowest BCUT2D eigenvalue weighted by molar-refractivity contribution is 0.600. The molecule has 3 aromatic rings. The quantitative estimate of drug-likeness (QED) is 0.753. The monoisotopic (exact) mass is 356 g/mol. The molecule has 0 aliphatic rings. The number of hydrogen-bond donors (Lipinski definition) is 2. The van der Waals surface area contributed by atoms with Crippen molar-refractivity contribution in [2.45, 2.75) is 32.6 Å². The highest BCUT2D eigenvalue weighted by molar-refractivity contribution is 7.92. The van der Waals surface area contributed by atoms with Crippen LogP contribution in [0.25, 0.3) is 10.9 Å². The second kappa shape index (κ2) is 6.04. The van der Waals surface area contributed by atoms with E-state index in [0.717, 1.165) is 10.9 Å². The van der Waals surface area contributed by atoms with Gasteiger partial charge in [-0.05, 0) is 62.4 Å². The van der Waals surface area contributed by atoms with Crippen LogP contribution in [0.5, 0.6) is 0 Å². The first-order valence-corrected chi connectivity index (χ1v) is 9.40. The number of H-pyrrole nitrogens is 1. The molecule has 130 valence electrons. The van der Waals surface area contributed by atoms with Crippen molar-refractivity contribution in [2.75, 3.05) is 4.72 Å². The Balaban J connectivity index is 2.06. The summed E-state index contributed by atoms with van der Waals surface area (Å²) in [6.45, 7) is 7.24. The molecule has 3 rings (SSSR count). The standard InChI is InChI=1S/C19H20N2O3S/c1-11-7-12(2)18(13(3)8-11)25(23,24)21-16-6-5-15-9-14(4)19(22)20-17(15)10-16/h5-10,21H,1-4H3,(H,20,22). The van der Waals surface area contributed by atoms with Gasteiger partial charge in [-0.1, -0.05) is 23.8 Å². The molecule has 0 atom stereocenters. The number of anilines is 1. The van der Waals surface area contributed by atoms with Crippen LogP contribution >= 0.6 is 0 Å². The van der Waals surface area contributed by atoms with Gasteiger partial charge in [-0.2, -0.15) is 0 Å². The third-order valence-corrected chi connectivity index (χ3v) is 5.84. The highest BCUT2D eigenvalue weighted by Gasteiger charge is 2.20. The van der Waals surface area contributed by atoms with Gasteiger partial charge in [0.2, 0.25) is 0 Å². The number of nitrogens with one attached hydrogen (secondary N) is 2. The van der Waals surface area contributed by atoms with Crippen LogP contribution in [0.4, 0.5) is 5.69 Å². The molecule has 0 aliphatic carbocycles. The lowest BCUT2D eigenvalue weighted by Gasteiger charge is -2.14. The van der Waals surface area contributed by atoms with E-state index in [4.69, 9.17) is 0 Å². The van der Waals surface area contributed by atoms with Crippen molar-refractivity contribution < 1.29 is 8.42 Å². The first-order valence-electron chi connectivity index (χ1n) is 7.92. The van der Waals surface area contributed by atoms with Crippen LogP contribution in [0.15, 0.2) is 46.1 Å². The smallest absolute Gasteiger partial charge is 0.262 e. The molecule has 1 heterocycles. The van der Waals surface area contributed by atoms with Crippen LogP contribution in [-0.4, -0.2) is 13.4 Å². The van der Waals surface area contributed by atoms with Crippen molar-refractivity contribution in [3.63, 3.8) is 0 Å². The van der Waals surface area contributed by atoms with Crippen molar-refractivity contribution >= 4 is 26.6 Å². The molecule has 6 heteroatoms. The summed E-state index contributed by atoms with van der Waals surface area (Å²) in [5, 5.41) is 0.850. The highest BCUT2D eigenvalue weighted by atomic mass is 32.2. The number of rotatable bonds is 3. The van der Waals surface area contributed by atoms with Gasteiger partial charge in [0, 0.05) is 5.56 Å². The Hall–Kier alpha value is -2.60. The number of fused-ring (bicyclic) bond motifs is 1. The van der Waals surface area contributed by atoms with E-state index in [9.17, 15) is 13.2 Å². The maximum atomic E-state index is 12.8. The van der Waals surface area contributed by atoms with E-state index in [-0.39, 0.29) is 10.5 Å². The molecule has 1 aromatic heterocycles. The first-order chi connectivity index (χ1) is 11.7. The molecular formula is C19H20N2O3S. The third kappa shape index (κ3) is 3.30. The molecule has 5 nitrogen and oxygen atoms in total. The van der Waals surface area contributed by atoms with Crippen LogP contribution in [0, 0.1) is 27.7 Å². The SMILES string of the molecule is Cc1cc(C)c(S(=O)(=O)Nc2ccc3cc(C)c(=O)[nH]c3c2)c(C)c1. The van der Waals surface area contributed by atoms with Gasteiger partial charge in [-0.25, -0.2) is 8.42 Å². The second-order valence-electron chi connectivity index (χ2n) is 6.42. The number of aryl methyl sites for hydroxylation is 4. The number of pyridine rings is 1. The Morgan fingerprint density at radius 3 is 2.16 bits per heavy atom. The minimum Gasteiger partial charge on any atom is -0.322 e. The van der Waals surface area contributed by atoms with E-state index in [2.05, 4.69) is 9.71 Å². The number of aromatic nitrogens is 1. The largest absolute Gasteiger partial charge is 0.322 e. The summed E-state index contributed by atoms with van der Waals surface area (Å²) in [5.74, 6) is 0. The Kier molecular flexibility index (Phi) is 4.16. The molecule has 0 aliphatic heterocycles. The van der Waals surface area contributed by atoms with E-state index in [1.807, 2.05) is 19.1 Å². The molecule has 2 N–H and O–H groups in total. The lowest BCUT2D eigenvalue weighted by atomic mass is 10.1. The van der Waals surface area contributed by atoms with Gasteiger partial charge in [0.25, 0.3) is 15.6 Å². The van der Waals surface area contributed by atoms with Crippen molar-refractivity contribution in [3.05, 3.63) is 69.0 Å². The molecule has 0 amide bonds. The summed E-state index contributed by atoms with van der Waals surface area (Å²) in [6, 6.07) is 10.6. The molecule has 0 saturated heterocycles.